The smallest absolute Gasteiger partial charge is 0.416 e. The van der Waals surface area contributed by atoms with Crippen LogP contribution in [0.4, 0.5) is 13.2 Å². The van der Waals surface area contributed by atoms with Crippen molar-refractivity contribution in [3.8, 4) is 17.1 Å². The molecule has 1 heterocycles. The minimum Gasteiger partial charge on any atom is -0.491 e. The molecule has 34 heavy (non-hydrogen) atoms. The van der Waals surface area contributed by atoms with Crippen LogP contribution in [-0.2, 0) is 12.7 Å². The van der Waals surface area contributed by atoms with Crippen LogP contribution in [0, 0.1) is 0 Å². The number of benzene rings is 2. The van der Waals surface area contributed by atoms with Crippen molar-refractivity contribution in [2.45, 2.75) is 51.6 Å². The van der Waals surface area contributed by atoms with E-state index < -0.39 is 17.4 Å². The minimum atomic E-state index is -4.49. The largest absolute Gasteiger partial charge is 0.491 e. The Kier molecular flexibility index (Phi) is 6.49. The third-order valence-corrected chi connectivity index (χ3v) is 5.33. The zero-order valence-electron chi connectivity index (χ0n) is 18.8. The van der Waals surface area contributed by atoms with Gasteiger partial charge in [0.2, 0.25) is 0 Å². The summed E-state index contributed by atoms with van der Waals surface area (Å²) >= 11 is 0. The minimum absolute atomic E-state index is 0.0225. The molecule has 1 aromatic heterocycles. The molecule has 0 spiro atoms. The van der Waals surface area contributed by atoms with Crippen molar-refractivity contribution in [3.63, 3.8) is 0 Å². The fourth-order valence-corrected chi connectivity index (χ4v) is 3.59. The molecule has 7 nitrogen and oxygen atoms in total. The molecule has 10 heteroatoms. The molecule has 4 rings (SSSR count). The number of rotatable bonds is 8. The van der Waals surface area contributed by atoms with Gasteiger partial charge in [-0.15, -0.1) is 5.10 Å². The Morgan fingerprint density at radius 1 is 1.18 bits per heavy atom. The van der Waals surface area contributed by atoms with E-state index in [0.717, 1.165) is 25.0 Å². The van der Waals surface area contributed by atoms with Crippen molar-refractivity contribution in [3.05, 3.63) is 70.1 Å². The van der Waals surface area contributed by atoms with Gasteiger partial charge in [-0.3, -0.25) is 9.36 Å². The molecule has 1 aliphatic rings. The number of halogens is 3. The van der Waals surface area contributed by atoms with Crippen molar-refractivity contribution in [1.29, 1.82) is 0 Å². The Hall–Kier alpha value is -3.56. The zero-order valence-corrected chi connectivity index (χ0v) is 18.8. The molecule has 0 aliphatic heterocycles. The number of hydrogen-bond acceptors (Lipinski definition) is 4. The summed E-state index contributed by atoms with van der Waals surface area (Å²) in [5, 5.41) is 7.04. The molecule has 0 unspecified atom stereocenters. The van der Waals surface area contributed by atoms with E-state index in [1.807, 2.05) is 13.8 Å². The second-order valence-corrected chi connectivity index (χ2v) is 8.46. The third-order valence-electron chi connectivity index (χ3n) is 5.33. The third kappa shape index (κ3) is 5.32. The van der Waals surface area contributed by atoms with E-state index in [9.17, 15) is 22.8 Å². The number of hydrogen-bond donors (Lipinski definition) is 1. The quantitative estimate of drug-likeness (QED) is 0.529. The van der Waals surface area contributed by atoms with Gasteiger partial charge in [-0.25, -0.2) is 9.48 Å². The molecular formula is C24H25F3N4O3. The standard InChI is InChI=1S/C24H25F3N4O3/c1-15(2)34-20-10-6-16(7-11-20)22(32)28-12-13-30-23(33)31(19-8-9-19)21(29-30)17-4-3-5-18(14-17)24(25,26)27/h3-7,10-11,14-15,19H,8-9,12-13H2,1-2H3,(H,28,32). The van der Waals surface area contributed by atoms with E-state index in [0.29, 0.717) is 11.3 Å². The van der Waals surface area contributed by atoms with Gasteiger partial charge in [0, 0.05) is 23.7 Å². The Labute approximate surface area is 194 Å². The molecule has 1 saturated carbocycles. The van der Waals surface area contributed by atoms with Gasteiger partial charge >= 0.3 is 11.9 Å². The SMILES string of the molecule is CC(C)Oc1ccc(C(=O)NCCn2nc(-c3cccc(C(F)(F)F)c3)n(C3CC3)c2=O)cc1. The first-order chi connectivity index (χ1) is 16.1. The maximum absolute atomic E-state index is 13.2. The lowest BCUT2D eigenvalue weighted by Crippen LogP contribution is -2.32. The number of carbonyl (C=O) groups excluding carboxylic acids is 1. The fraction of sp³-hybridized carbons (Fsp3) is 0.375. The van der Waals surface area contributed by atoms with Gasteiger partial charge in [0.15, 0.2) is 5.82 Å². The highest BCUT2D eigenvalue weighted by Crippen LogP contribution is 2.37. The summed E-state index contributed by atoms with van der Waals surface area (Å²) in [5.41, 5.74) is -0.535. The van der Waals surface area contributed by atoms with Crippen LogP contribution in [0.1, 0.15) is 48.7 Å². The summed E-state index contributed by atoms with van der Waals surface area (Å²) < 4.78 is 47.7. The molecule has 2 aromatic carbocycles. The van der Waals surface area contributed by atoms with Gasteiger partial charge < -0.3 is 10.1 Å². The van der Waals surface area contributed by atoms with Crippen molar-refractivity contribution in [2.24, 2.45) is 0 Å². The van der Waals surface area contributed by atoms with Gasteiger partial charge in [0.05, 0.1) is 18.2 Å². The Bertz CT molecular complexity index is 1230. The van der Waals surface area contributed by atoms with Gasteiger partial charge in [-0.2, -0.15) is 13.2 Å². The zero-order chi connectivity index (χ0) is 24.5. The maximum atomic E-state index is 13.2. The summed E-state index contributed by atoms with van der Waals surface area (Å²) in [6.07, 6.45) is -2.93. The summed E-state index contributed by atoms with van der Waals surface area (Å²) in [6.45, 7) is 4.04. The molecule has 1 aliphatic carbocycles. The van der Waals surface area contributed by atoms with Crippen LogP contribution in [0.5, 0.6) is 5.75 Å². The second kappa shape index (κ2) is 9.36. The summed E-state index contributed by atoms with van der Waals surface area (Å²) in [4.78, 5) is 25.3. The first-order valence-corrected chi connectivity index (χ1v) is 11.1. The number of nitrogens with zero attached hydrogens (tertiary/aromatic N) is 3. The lowest BCUT2D eigenvalue weighted by atomic mass is 10.1. The number of carbonyl (C=O) groups is 1. The molecule has 0 bridgehead atoms. The topological polar surface area (TPSA) is 78.2 Å². The molecule has 1 fully saturated rings. The molecular weight excluding hydrogens is 449 g/mol. The molecule has 1 amide bonds. The normalized spacial score (nSPS) is 13.8. The number of nitrogens with one attached hydrogen (secondary N) is 1. The average molecular weight is 474 g/mol. The molecule has 0 saturated heterocycles. The Morgan fingerprint density at radius 3 is 2.50 bits per heavy atom. The molecule has 1 N–H and O–H groups in total. The highest BCUT2D eigenvalue weighted by atomic mass is 19.4. The van der Waals surface area contributed by atoms with E-state index in [2.05, 4.69) is 10.4 Å². The highest BCUT2D eigenvalue weighted by Gasteiger charge is 2.33. The van der Waals surface area contributed by atoms with Crippen LogP contribution >= 0.6 is 0 Å². The van der Waals surface area contributed by atoms with Gasteiger partial charge in [-0.1, -0.05) is 12.1 Å². The first kappa shape index (κ1) is 23.6. The van der Waals surface area contributed by atoms with E-state index in [1.54, 1.807) is 24.3 Å². The predicted octanol–water partition coefficient (Wildman–Crippen LogP) is 4.28. The lowest BCUT2D eigenvalue weighted by Gasteiger charge is -2.10. The first-order valence-electron chi connectivity index (χ1n) is 11.1. The average Bonchev–Trinajstić information content (AvgIpc) is 3.57. The summed E-state index contributed by atoms with van der Waals surface area (Å²) in [5.74, 6) is 0.542. The van der Waals surface area contributed by atoms with E-state index >= 15 is 0 Å². The highest BCUT2D eigenvalue weighted by molar-refractivity contribution is 5.94. The van der Waals surface area contributed by atoms with E-state index in [-0.39, 0.29) is 42.5 Å². The Morgan fingerprint density at radius 2 is 1.88 bits per heavy atom. The predicted molar refractivity (Wildman–Crippen MR) is 120 cm³/mol. The lowest BCUT2D eigenvalue weighted by molar-refractivity contribution is -0.137. The molecule has 180 valence electrons. The van der Waals surface area contributed by atoms with Gasteiger partial charge in [-0.05, 0) is 63.1 Å². The van der Waals surface area contributed by atoms with Crippen LogP contribution in [0.25, 0.3) is 11.4 Å². The molecule has 3 aromatic rings. The maximum Gasteiger partial charge on any atom is 0.416 e. The van der Waals surface area contributed by atoms with E-state index in [1.165, 1.54) is 21.4 Å². The van der Waals surface area contributed by atoms with Crippen LogP contribution in [0.15, 0.2) is 53.3 Å². The van der Waals surface area contributed by atoms with Gasteiger partial charge in [0.1, 0.15) is 5.75 Å². The Balaban J connectivity index is 1.47. The number of alkyl halides is 3. The second-order valence-electron chi connectivity index (χ2n) is 8.46. The van der Waals surface area contributed by atoms with Crippen molar-refractivity contribution in [1.82, 2.24) is 19.7 Å². The van der Waals surface area contributed by atoms with E-state index in [4.69, 9.17) is 4.74 Å². The van der Waals surface area contributed by atoms with Crippen molar-refractivity contribution >= 4 is 5.91 Å². The fourth-order valence-electron chi connectivity index (χ4n) is 3.59. The molecule has 0 atom stereocenters. The van der Waals surface area contributed by atoms with Crippen molar-refractivity contribution in [2.75, 3.05) is 6.54 Å². The number of amides is 1. The van der Waals surface area contributed by atoms with Gasteiger partial charge in [0.25, 0.3) is 5.91 Å². The van der Waals surface area contributed by atoms with Crippen LogP contribution in [-0.4, -0.2) is 32.9 Å². The van der Waals surface area contributed by atoms with Crippen LogP contribution in [0.2, 0.25) is 0 Å². The van der Waals surface area contributed by atoms with Crippen LogP contribution < -0.4 is 15.7 Å². The molecule has 0 radical (unpaired) electrons. The summed E-state index contributed by atoms with van der Waals surface area (Å²) in [7, 11) is 0. The number of aromatic nitrogens is 3. The number of ether oxygens (including phenoxy) is 1. The van der Waals surface area contributed by atoms with Crippen molar-refractivity contribution < 1.29 is 22.7 Å². The van der Waals surface area contributed by atoms with Crippen LogP contribution in [0.3, 0.4) is 0 Å². The summed E-state index contributed by atoms with van der Waals surface area (Å²) in [6, 6.07) is 11.4. The monoisotopic (exact) mass is 474 g/mol.